The molecule has 9 rings (SSSR count). The van der Waals surface area contributed by atoms with E-state index in [1.165, 1.54) is 4.90 Å². The molecule has 2 saturated carbocycles. The van der Waals surface area contributed by atoms with E-state index in [1.54, 1.807) is 17.8 Å². The number of amides is 1. The van der Waals surface area contributed by atoms with Crippen molar-refractivity contribution in [1.29, 1.82) is 0 Å². The van der Waals surface area contributed by atoms with Gasteiger partial charge >= 0.3 is 0 Å². The number of rotatable bonds is 23. The second kappa shape index (κ2) is 22.1. The van der Waals surface area contributed by atoms with Crippen molar-refractivity contribution in [2.24, 2.45) is 28.8 Å². The Labute approximate surface area is 399 Å². The standard InChI is InChI=1S/C57H64N2O7S/c1-2-32-64-57-53(59(56(62)42-26-27-42)38-44-21-15-20-41-18-9-10-24-47(41)44)37-51(58-65-39-40-16-5-3-6-17-40)49-35-43(19-11-13-30-60)48(25-12-14-31-61)54(55(49)57)50-36-45(28-29-52(50)66-57)63-33-34-67-46-22-7-4-8-23-46/h2-10,15-18,20-24,28-29,35-36,42-43,48,53-55,60-61H,1,11-14,19,25-27,30-34,37-39H2/t43-,48+,53-,54+,55+,57+/m0/s1. The lowest BCUT2D eigenvalue weighted by Gasteiger charge is -2.60. The molecule has 2 fully saturated rings. The fourth-order valence-corrected chi connectivity index (χ4v) is 11.6. The van der Waals surface area contributed by atoms with Crippen molar-refractivity contribution in [3.63, 3.8) is 0 Å². The molecular weight excluding hydrogens is 857 g/mol. The lowest BCUT2D eigenvalue weighted by atomic mass is 9.55. The molecule has 1 amide bonds. The third-order valence-electron chi connectivity index (χ3n) is 14.1. The summed E-state index contributed by atoms with van der Waals surface area (Å²) < 4.78 is 21.4. The van der Waals surface area contributed by atoms with E-state index in [2.05, 4.69) is 90.4 Å². The molecule has 1 heterocycles. The minimum Gasteiger partial charge on any atom is -0.493 e. The van der Waals surface area contributed by atoms with E-state index in [0.29, 0.717) is 44.8 Å². The smallest absolute Gasteiger partial charge is 0.239 e. The van der Waals surface area contributed by atoms with E-state index >= 15 is 4.79 Å². The molecule has 0 saturated heterocycles. The van der Waals surface area contributed by atoms with Gasteiger partial charge in [-0.25, -0.2) is 0 Å². The molecule has 6 atom stereocenters. The lowest BCUT2D eigenvalue weighted by molar-refractivity contribution is -0.258. The Balaban J connectivity index is 1.20. The maximum atomic E-state index is 15.2. The van der Waals surface area contributed by atoms with Gasteiger partial charge < -0.3 is 34.2 Å². The van der Waals surface area contributed by atoms with Crippen LogP contribution in [0.3, 0.4) is 0 Å². The summed E-state index contributed by atoms with van der Waals surface area (Å²) in [5.74, 6) is 0.612. The summed E-state index contributed by atoms with van der Waals surface area (Å²) in [6.07, 6.45) is 11.0. The van der Waals surface area contributed by atoms with Crippen LogP contribution in [0.4, 0.5) is 0 Å². The highest BCUT2D eigenvalue weighted by Gasteiger charge is 2.66. The summed E-state index contributed by atoms with van der Waals surface area (Å²) in [6.45, 7) is 5.76. The number of benzene rings is 5. The number of ether oxygens (including phenoxy) is 3. The first-order valence-electron chi connectivity index (χ1n) is 24.3. The van der Waals surface area contributed by atoms with Gasteiger partial charge in [-0.05, 0) is 108 Å². The van der Waals surface area contributed by atoms with Gasteiger partial charge in [0.25, 0.3) is 0 Å². The third-order valence-corrected chi connectivity index (χ3v) is 15.0. The number of fused-ring (bicyclic) bond motifs is 3. The molecule has 3 aliphatic carbocycles. The van der Waals surface area contributed by atoms with Crippen LogP contribution >= 0.6 is 11.8 Å². The van der Waals surface area contributed by atoms with Crippen LogP contribution in [0.2, 0.25) is 0 Å². The summed E-state index contributed by atoms with van der Waals surface area (Å²) >= 11 is 1.77. The second-order valence-corrected chi connectivity index (χ2v) is 19.6. The molecule has 0 aromatic heterocycles. The summed E-state index contributed by atoms with van der Waals surface area (Å²) in [5.41, 5.74) is 4.92. The van der Waals surface area contributed by atoms with Crippen molar-refractivity contribution in [1.82, 2.24) is 4.90 Å². The Kier molecular flexibility index (Phi) is 15.4. The Morgan fingerprint density at radius 2 is 1.63 bits per heavy atom. The van der Waals surface area contributed by atoms with Crippen molar-refractivity contribution in [3.8, 4) is 11.5 Å². The van der Waals surface area contributed by atoms with E-state index in [0.717, 1.165) is 88.8 Å². The number of aliphatic hydroxyl groups is 2. The van der Waals surface area contributed by atoms with E-state index in [4.69, 9.17) is 24.2 Å². The van der Waals surface area contributed by atoms with Crippen molar-refractivity contribution in [3.05, 3.63) is 162 Å². The number of unbranched alkanes of at least 4 members (excludes halogenated alkanes) is 2. The first kappa shape index (κ1) is 46.7. The molecule has 0 radical (unpaired) electrons. The van der Waals surface area contributed by atoms with Crippen LogP contribution in [0.25, 0.3) is 10.8 Å². The van der Waals surface area contributed by atoms with Crippen LogP contribution in [0.15, 0.2) is 156 Å². The van der Waals surface area contributed by atoms with Crippen molar-refractivity contribution >= 4 is 34.2 Å². The molecule has 5 aromatic rings. The molecule has 1 aliphatic heterocycles. The molecule has 0 spiro atoms. The van der Waals surface area contributed by atoms with Gasteiger partial charge in [0.15, 0.2) is 0 Å². The van der Waals surface area contributed by atoms with Gasteiger partial charge in [0, 0.05) is 54.2 Å². The highest BCUT2D eigenvalue weighted by molar-refractivity contribution is 7.99. The van der Waals surface area contributed by atoms with Crippen molar-refractivity contribution in [2.75, 3.05) is 32.2 Å². The molecule has 350 valence electrons. The van der Waals surface area contributed by atoms with E-state index in [1.807, 2.05) is 48.5 Å². The van der Waals surface area contributed by atoms with Crippen LogP contribution < -0.4 is 9.47 Å². The van der Waals surface area contributed by atoms with Gasteiger partial charge in [-0.1, -0.05) is 121 Å². The zero-order valence-corrected chi connectivity index (χ0v) is 39.2. The summed E-state index contributed by atoms with van der Waals surface area (Å²) in [4.78, 5) is 24.8. The topological polar surface area (TPSA) is 110 Å². The maximum absolute atomic E-state index is 15.2. The SMILES string of the molecule is C=CCO[C@@]12Oc3ccc(OCCSc4ccccc4)cc3[C@H]3[C@H](CCCCO)[C@@H](CCCCO)C=C(C(=NOCc4ccccc4)C[C@@H]1N(Cc1cccc4ccccc14)C(=O)C1CC1)[C@H]32. The summed E-state index contributed by atoms with van der Waals surface area (Å²) in [6, 6.07) is 40.7. The van der Waals surface area contributed by atoms with Gasteiger partial charge in [-0.2, -0.15) is 0 Å². The van der Waals surface area contributed by atoms with Crippen LogP contribution in [0.5, 0.6) is 11.5 Å². The molecule has 10 heteroatoms. The highest BCUT2D eigenvalue weighted by Crippen LogP contribution is 2.62. The fourth-order valence-electron chi connectivity index (χ4n) is 10.9. The van der Waals surface area contributed by atoms with Crippen LogP contribution in [-0.2, 0) is 27.5 Å². The fraction of sp³-hybridized carbons (Fsp3) is 0.404. The molecule has 0 bridgehead atoms. The number of carbonyl (C=O) groups excluding carboxylic acids is 1. The average Bonchev–Trinajstić information content (AvgIpc) is 4.22. The third kappa shape index (κ3) is 10.5. The van der Waals surface area contributed by atoms with Crippen LogP contribution in [-0.4, -0.2) is 70.7 Å². The number of carbonyl (C=O) groups is 1. The zero-order valence-electron chi connectivity index (χ0n) is 38.4. The zero-order chi connectivity index (χ0) is 46.0. The number of hydrogen-bond donors (Lipinski definition) is 2. The molecule has 0 unspecified atom stereocenters. The van der Waals surface area contributed by atoms with Gasteiger partial charge in [0.05, 0.1) is 24.8 Å². The highest BCUT2D eigenvalue weighted by atomic mass is 32.2. The summed E-state index contributed by atoms with van der Waals surface area (Å²) in [7, 11) is 0. The number of allylic oxidation sites excluding steroid dienone is 1. The van der Waals surface area contributed by atoms with E-state index < -0.39 is 17.7 Å². The summed E-state index contributed by atoms with van der Waals surface area (Å²) in [5, 5.41) is 27.4. The van der Waals surface area contributed by atoms with Crippen molar-refractivity contribution < 1.29 is 34.1 Å². The molecule has 4 aliphatic rings. The largest absolute Gasteiger partial charge is 0.493 e. The Morgan fingerprint density at radius 1 is 0.881 bits per heavy atom. The van der Waals surface area contributed by atoms with E-state index in [9.17, 15) is 10.2 Å². The normalized spacial score (nSPS) is 23.4. The molecule has 2 N–H and O–H groups in total. The minimum absolute atomic E-state index is 0.0852. The van der Waals surface area contributed by atoms with Gasteiger partial charge in [-0.15, -0.1) is 18.3 Å². The lowest BCUT2D eigenvalue weighted by Crippen LogP contribution is -2.70. The molecule has 9 nitrogen and oxygen atoms in total. The van der Waals surface area contributed by atoms with Gasteiger partial charge in [-0.3, -0.25) is 4.79 Å². The number of nitrogens with zero attached hydrogens (tertiary/aromatic N) is 2. The van der Waals surface area contributed by atoms with Crippen LogP contribution in [0, 0.1) is 23.7 Å². The van der Waals surface area contributed by atoms with E-state index in [-0.39, 0.29) is 49.4 Å². The average molecular weight is 921 g/mol. The molecule has 67 heavy (non-hydrogen) atoms. The first-order valence-corrected chi connectivity index (χ1v) is 25.3. The predicted molar refractivity (Wildman–Crippen MR) is 266 cm³/mol. The Hall–Kier alpha value is -5.39. The number of aliphatic hydroxyl groups excluding tert-OH is 2. The van der Waals surface area contributed by atoms with Crippen molar-refractivity contribution in [2.45, 2.75) is 93.6 Å². The van der Waals surface area contributed by atoms with Crippen LogP contribution in [0.1, 0.15) is 80.4 Å². The van der Waals surface area contributed by atoms with Gasteiger partial charge in [0.1, 0.15) is 24.1 Å². The molecular formula is C57H64N2O7S. The first-order chi connectivity index (χ1) is 33.0. The monoisotopic (exact) mass is 920 g/mol. The number of oxime groups is 1. The Morgan fingerprint density at radius 3 is 2.40 bits per heavy atom. The number of hydrogen-bond acceptors (Lipinski definition) is 9. The maximum Gasteiger partial charge on any atom is 0.239 e. The van der Waals surface area contributed by atoms with Gasteiger partial charge in [0.2, 0.25) is 11.7 Å². The predicted octanol–water partition coefficient (Wildman–Crippen LogP) is 11.3. The second-order valence-electron chi connectivity index (χ2n) is 18.4. The Bertz CT molecular complexity index is 2510. The molecule has 5 aromatic carbocycles. The number of thioether (sulfide) groups is 1. The quantitative estimate of drug-likeness (QED) is 0.0289. The minimum atomic E-state index is -1.34.